The Morgan fingerprint density at radius 2 is 1.70 bits per heavy atom. The topological polar surface area (TPSA) is 72.2 Å². The number of rotatable bonds is 4. The maximum absolute atomic E-state index is 12.1. The molecule has 0 bridgehead atoms. The van der Waals surface area contributed by atoms with Gasteiger partial charge in [-0.1, -0.05) is 29.8 Å². The Bertz CT molecular complexity index is 639. The normalized spacial score (nSPS) is 10.1. The highest BCUT2D eigenvalue weighted by atomic mass is 35.5. The van der Waals surface area contributed by atoms with Gasteiger partial charge in [-0.2, -0.15) is 0 Å². The minimum atomic E-state index is -0.446. The number of carbonyl (C=O) groups excluding carboxylic acids is 2. The van der Waals surface area contributed by atoms with Gasteiger partial charge in [0.1, 0.15) is 0 Å². The van der Waals surface area contributed by atoms with Crippen LogP contribution in [0.15, 0.2) is 48.5 Å². The Morgan fingerprint density at radius 3 is 2.35 bits per heavy atom. The summed E-state index contributed by atoms with van der Waals surface area (Å²) in [7, 11) is 0. The highest BCUT2D eigenvalue weighted by Crippen LogP contribution is 2.17. The molecule has 0 aromatic heterocycles. The number of para-hydroxylation sites is 1. The van der Waals surface area contributed by atoms with Crippen molar-refractivity contribution < 1.29 is 9.59 Å². The van der Waals surface area contributed by atoms with Gasteiger partial charge in [-0.3, -0.25) is 9.59 Å². The first-order valence-corrected chi connectivity index (χ1v) is 6.37. The van der Waals surface area contributed by atoms with Gasteiger partial charge in [-0.25, -0.2) is 0 Å². The first kappa shape index (κ1) is 14.1. The molecule has 2 aromatic carbocycles. The quantitative estimate of drug-likeness (QED) is 0.908. The van der Waals surface area contributed by atoms with Crippen molar-refractivity contribution in [3.63, 3.8) is 0 Å². The van der Waals surface area contributed by atoms with E-state index < -0.39 is 5.91 Å². The van der Waals surface area contributed by atoms with E-state index in [1.165, 1.54) is 0 Å². The molecule has 0 saturated carbocycles. The molecule has 0 aliphatic heterocycles. The molecular formula is C15H13ClN2O2. The Morgan fingerprint density at radius 1 is 1.05 bits per heavy atom. The smallest absolute Gasteiger partial charge is 0.255 e. The van der Waals surface area contributed by atoms with Gasteiger partial charge in [0.25, 0.3) is 5.91 Å². The number of anilines is 1. The van der Waals surface area contributed by atoms with E-state index in [-0.39, 0.29) is 12.3 Å². The molecule has 3 N–H and O–H groups in total. The summed E-state index contributed by atoms with van der Waals surface area (Å²) in [6, 6.07) is 13.6. The third kappa shape index (κ3) is 3.59. The summed E-state index contributed by atoms with van der Waals surface area (Å²) in [5.41, 5.74) is 6.93. The molecule has 0 radical (unpaired) electrons. The lowest BCUT2D eigenvalue weighted by atomic mass is 10.1. The number of benzene rings is 2. The predicted molar refractivity (Wildman–Crippen MR) is 78.7 cm³/mol. The van der Waals surface area contributed by atoms with Crippen LogP contribution in [0.2, 0.25) is 5.02 Å². The lowest BCUT2D eigenvalue weighted by Crippen LogP contribution is -2.17. The van der Waals surface area contributed by atoms with Crippen molar-refractivity contribution >= 4 is 29.1 Å². The van der Waals surface area contributed by atoms with Crippen LogP contribution in [0.3, 0.4) is 0 Å². The number of primary amides is 1. The average Bonchev–Trinajstić information content (AvgIpc) is 2.41. The van der Waals surface area contributed by atoms with Crippen LogP contribution in [-0.2, 0) is 11.2 Å². The van der Waals surface area contributed by atoms with E-state index in [1.54, 1.807) is 48.5 Å². The van der Waals surface area contributed by atoms with E-state index >= 15 is 0 Å². The fourth-order valence-corrected chi connectivity index (χ4v) is 1.91. The van der Waals surface area contributed by atoms with E-state index in [0.29, 0.717) is 21.8 Å². The molecule has 2 amide bonds. The molecule has 0 aliphatic carbocycles. The average molecular weight is 289 g/mol. The molecule has 0 saturated heterocycles. The summed E-state index contributed by atoms with van der Waals surface area (Å²) in [5, 5.41) is 3.33. The molecule has 2 aromatic rings. The highest BCUT2D eigenvalue weighted by Gasteiger charge is 2.10. The zero-order valence-electron chi connectivity index (χ0n) is 10.6. The zero-order chi connectivity index (χ0) is 14.5. The molecule has 0 heterocycles. The molecule has 0 spiro atoms. The lowest BCUT2D eigenvalue weighted by molar-refractivity contribution is -0.117. The molecule has 5 heteroatoms. The van der Waals surface area contributed by atoms with Crippen molar-refractivity contribution in [3.8, 4) is 0 Å². The highest BCUT2D eigenvalue weighted by molar-refractivity contribution is 6.30. The van der Waals surface area contributed by atoms with Crippen molar-refractivity contribution in [2.75, 3.05) is 5.32 Å². The molecule has 0 unspecified atom stereocenters. The van der Waals surface area contributed by atoms with Crippen molar-refractivity contribution in [3.05, 3.63) is 64.7 Å². The van der Waals surface area contributed by atoms with Crippen LogP contribution in [0.4, 0.5) is 5.69 Å². The molecule has 0 atom stereocenters. The van der Waals surface area contributed by atoms with Crippen molar-refractivity contribution in [1.29, 1.82) is 0 Å². The molecular weight excluding hydrogens is 276 g/mol. The summed E-state index contributed by atoms with van der Waals surface area (Å²) >= 11 is 5.78. The van der Waals surface area contributed by atoms with Gasteiger partial charge in [-0.05, 0) is 35.9 Å². The Balaban J connectivity index is 2.19. The van der Waals surface area contributed by atoms with Gasteiger partial charge in [0.05, 0.1) is 6.42 Å². The van der Waals surface area contributed by atoms with Gasteiger partial charge in [-0.15, -0.1) is 0 Å². The van der Waals surface area contributed by atoms with Crippen LogP contribution in [0.5, 0.6) is 0 Å². The summed E-state index contributed by atoms with van der Waals surface area (Å²) in [5.74, 6) is -0.711. The van der Waals surface area contributed by atoms with Crippen LogP contribution in [-0.4, -0.2) is 11.8 Å². The fraction of sp³-hybridized carbons (Fsp3) is 0.0667. The Kier molecular flexibility index (Phi) is 4.38. The van der Waals surface area contributed by atoms with Gasteiger partial charge in [0.15, 0.2) is 0 Å². The third-order valence-corrected chi connectivity index (χ3v) is 2.99. The second-order valence-electron chi connectivity index (χ2n) is 4.26. The van der Waals surface area contributed by atoms with Crippen LogP contribution in [0, 0.1) is 0 Å². The first-order chi connectivity index (χ1) is 9.56. The standard InChI is InChI=1S/C15H13ClN2O2/c16-12-7-5-10(6-8-12)15(20)18-13-4-2-1-3-11(13)9-14(17)19/h1-8H,9H2,(H2,17,19)(H,18,20). The number of hydrogen-bond donors (Lipinski definition) is 2. The molecule has 2 rings (SSSR count). The summed E-state index contributed by atoms with van der Waals surface area (Å²) in [6.45, 7) is 0. The lowest BCUT2D eigenvalue weighted by Gasteiger charge is -2.10. The molecule has 0 aliphatic rings. The van der Waals surface area contributed by atoms with E-state index in [2.05, 4.69) is 5.32 Å². The largest absolute Gasteiger partial charge is 0.369 e. The van der Waals surface area contributed by atoms with E-state index in [4.69, 9.17) is 17.3 Å². The predicted octanol–water partition coefficient (Wildman–Crippen LogP) is 2.62. The van der Waals surface area contributed by atoms with Crippen LogP contribution < -0.4 is 11.1 Å². The molecule has 0 fully saturated rings. The number of nitrogens with one attached hydrogen (secondary N) is 1. The van der Waals surface area contributed by atoms with E-state index in [9.17, 15) is 9.59 Å². The van der Waals surface area contributed by atoms with Gasteiger partial charge in [0.2, 0.25) is 5.91 Å². The van der Waals surface area contributed by atoms with Gasteiger partial charge in [0, 0.05) is 16.3 Å². The minimum absolute atomic E-state index is 0.0804. The summed E-state index contributed by atoms with van der Waals surface area (Å²) < 4.78 is 0. The number of amides is 2. The maximum atomic E-state index is 12.1. The zero-order valence-corrected chi connectivity index (χ0v) is 11.4. The van der Waals surface area contributed by atoms with Crippen LogP contribution >= 0.6 is 11.6 Å². The van der Waals surface area contributed by atoms with Crippen molar-refractivity contribution in [2.24, 2.45) is 5.73 Å². The molecule has 102 valence electrons. The molecule has 4 nitrogen and oxygen atoms in total. The Hall–Kier alpha value is -2.33. The second-order valence-corrected chi connectivity index (χ2v) is 4.70. The van der Waals surface area contributed by atoms with Crippen molar-refractivity contribution in [2.45, 2.75) is 6.42 Å². The fourth-order valence-electron chi connectivity index (χ4n) is 1.78. The number of hydrogen-bond acceptors (Lipinski definition) is 2. The Labute approximate surface area is 121 Å². The van der Waals surface area contributed by atoms with Gasteiger partial charge >= 0.3 is 0 Å². The number of halogens is 1. The summed E-state index contributed by atoms with van der Waals surface area (Å²) in [4.78, 5) is 23.1. The summed E-state index contributed by atoms with van der Waals surface area (Å²) in [6.07, 6.45) is 0.0804. The van der Waals surface area contributed by atoms with E-state index in [1.807, 2.05) is 0 Å². The van der Waals surface area contributed by atoms with Crippen molar-refractivity contribution in [1.82, 2.24) is 0 Å². The monoisotopic (exact) mass is 288 g/mol. The second kappa shape index (κ2) is 6.21. The minimum Gasteiger partial charge on any atom is -0.369 e. The number of nitrogens with two attached hydrogens (primary N) is 1. The van der Waals surface area contributed by atoms with Crippen LogP contribution in [0.1, 0.15) is 15.9 Å². The van der Waals surface area contributed by atoms with E-state index in [0.717, 1.165) is 0 Å². The maximum Gasteiger partial charge on any atom is 0.255 e. The van der Waals surface area contributed by atoms with Gasteiger partial charge < -0.3 is 11.1 Å². The SMILES string of the molecule is NC(=O)Cc1ccccc1NC(=O)c1ccc(Cl)cc1. The van der Waals surface area contributed by atoms with Crippen LogP contribution in [0.25, 0.3) is 0 Å². The first-order valence-electron chi connectivity index (χ1n) is 5.99. The third-order valence-electron chi connectivity index (χ3n) is 2.74. The number of carbonyl (C=O) groups is 2. The molecule has 20 heavy (non-hydrogen) atoms.